The van der Waals surface area contributed by atoms with Gasteiger partial charge in [0.05, 0.1) is 10.6 Å². The summed E-state index contributed by atoms with van der Waals surface area (Å²) in [5.74, 6) is 1.85. The summed E-state index contributed by atoms with van der Waals surface area (Å²) < 4.78 is 24.1. The van der Waals surface area contributed by atoms with E-state index in [-0.39, 0.29) is 16.5 Å². The van der Waals surface area contributed by atoms with Crippen LogP contribution in [0.25, 0.3) is 0 Å². The maximum Gasteiger partial charge on any atom is 0.221 e. The number of hydrogen-bond donors (Lipinski definition) is 1. The van der Waals surface area contributed by atoms with Crippen molar-refractivity contribution in [2.24, 2.45) is 0 Å². The first-order chi connectivity index (χ1) is 7.89. The Morgan fingerprint density at radius 3 is 2.53 bits per heavy atom. The summed E-state index contributed by atoms with van der Waals surface area (Å²) in [6, 6.07) is 6.18. The van der Waals surface area contributed by atoms with E-state index in [0.717, 1.165) is 0 Å². The van der Waals surface area contributed by atoms with Gasteiger partial charge < -0.3 is 5.32 Å². The second-order valence-electron chi connectivity index (χ2n) is 3.53. The van der Waals surface area contributed by atoms with Crippen molar-refractivity contribution in [3.05, 3.63) is 24.3 Å². The number of rotatable bonds is 3. The van der Waals surface area contributed by atoms with Crippen molar-refractivity contribution in [3.8, 4) is 12.3 Å². The van der Waals surface area contributed by atoms with Gasteiger partial charge in [0.2, 0.25) is 5.91 Å². The average Bonchev–Trinajstić information content (AvgIpc) is 2.27. The van der Waals surface area contributed by atoms with Crippen LogP contribution < -0.4 is 5.32 Å². The van der Waals surface area contributed by atoms with E-state index in [2.05, 4.69) is 11.2 Å². The van der Waals surface area contributed by atoms with Crippen LogP contribution in [0.3, 0.4) is 0 Å². The third kappa shape index (κ3) is 2.86. The molecule has 0 heterocycles. The lowest BCUT2D eigenvalue weighted by molar-refractivity contribution is -0.114. The molecule has 1 atom stereocenters. The SMILES string of the molecule is C#CC(C)S(=O)(=O)c1ccccc1NC(C)=O. The van der Waals surface area contributed by atoms with Gasteiger partial charge in [-0.05, 0) is 19.1 Å². The van der Waals surface area contributed by atoms with Gasteiger partial charge in [0.1, 0.15) is 5.25 Å². The predicted octanol–water partition coefficient (Wildman–Crippen LogP) is 1.44. The fraction of sp³-hybridized carbons (Fsp3) is 0.250. The molecule has 1 unspecified atom stereocenters. The van der Waals surface area contributed by atoms with Crippen LogP contribution in [0.15, 0.2) is 29.2 Å². The highest BCUT2D eigenvalue weighted by Crippen LogP contribution is 2.24. The number of nitrogens with one attached hydrogen (secondary N) is 1. The molecule has 0 aliphatic rings. The summed E-state index contributed by atoms with van der Waals surface area (Å²) in [6.45, 7) is 2.74. The lowest BCUT2D eigenvalue weighted by atomic mass is 10.3. The number of terminal acetylenes is 1. The topological polar surface area (TPSA) is 63.2 Å². The predicted molar refractivity (Wildman–Crippen MR) is 66.2 cm³/mol. The fourth-order valence-electron chi connectivity index (χ4n) is 1.29. The summed E-state index contributed by atoms with van der Waals surface area (Å²) in [4.78, 5) is 11.0. The first-order valence-corrected chi connectivity index (χ1v) is 6.51. The van der Waals surface area contributed by atoms with Crippen LogP contribution >= 0.6 is 0 Å². The van der Waals surface area contributed by atoms with Crippen molar-refractivity contribution >= 4 is 21.4 Å². The number of hydrogen-bond acceptors (Lipinski definition) is 3. The van der Waals surface area contributed by atoms with Gasteiger partial charge in [-0.15, -0.1) is 6.42 Å². The molecule has 0 saturated heterocycles. The molecule has 17 heavy (non-hydrogen) atoms. The minimum atomic E-state index is -3.62. The standard InChI is InChI=1S/C12H13NO3S/c1-4-9(2)17(15,16)12-8-6-5-7-11(12)13-10(3)14/h1,5-9H,2-3H3,(H,13,14). The highest BCUT2D eigenvalue weighted by atomic mass is 32.2. The zero-order chi connectivity index (χ0) is 13.1. The molecule has 1 aromatic carbocycles. The van der Waals surface area contributed by atoms with E-state index in [1.165, 1.54) is 26.0 Å². The Bertz CT molecular complexity index is 570. The maximum atomic E-state index is 12.1. The molecular formula is C12H13NO3S. The number of amides is 1. The third-order valence-corrected chi connectivity index (χ3v) is 4.24. The Morgan fingerprint density at radius 2 is 2.00 bits per heavy atom. The number of carbonyl (C=O) groups is 1. The number of carbonyl (C=O) groups excluding carboxylic acids is 1. The Morgan fingerprint density at radius 1 is 1.41 bits per heavy atom. The normalized spacial score (nSPS) is 12.5. The van der Waals surface area contributed by atoms with Gasteiger partial charge in [0.25, 0.3) is 0 Å². The van der Waals surface area contributed by atoms with Crippen molar-refractivity contribution in [1.29, 1.82) is 0 Å². The second kappa shape index (κ2) is 5.02. The van der Waals surface area contributed by atoms with Crippen molar-refractivity contribution in [3.63, 3.8) is 0 Å². The molecule has 0 aromatic heterocycles. The molecule has 1 aromatic rings. The minimum absolute atomic E-state index is 0.0423. The molecule has 0 saturated carbocycles. The Balaban J connectivity index is 3.33. The van der Waals surface area contributed by atoms with Gasteiger partial charge >= 0.3 is 0 Å². The summed E-state index contributed by atoms with van der Waals surface area (Å²) in [5, 5.41) is 1.54. The van der Waals surface area contributed by atoms with Crippen LogP contribution in [0.4, 0.5) is 5.69 Å². The maximum absolute atomic E-state index is 12.1. The first kappa shape index (κ1) is 13.3. The van der Waals surface area contributed by atoms with E-state index >= 15 is 0 Å². The molecule has 90 valence electrons. The molecule has 4 nitrogen and oxygen atoms in total. The molecule has 1 N–H and O–H groups in total. The molecule has 0 radical (unpaired) electrons. The number of para-hydroxylation sites is 1. The first-order valence-electron chi connectivity index (χ1n) is 4.96. The summed E-state index contributed by atoms with van der Waals surface area (Å²) in [7, 11) is -3.62. The Kier molecular flexibility index (Phi) is 3.92. The van der Waals surface area contributed by atoms with Crippen LogP contribution in [0, 0.1) is 12.3 Å². The minimum Gasteiger partial charge on any atom is -0.325 e. The molecule has 0 fully saturated rings. The van der Waals surface area contributed by atoms with Gasteiger partial charge in [0.15, 0.2) is 9.84 Å². The Hall–Kier alpha value is -1.80. The van der Waals surface area contributed by atoms with Crippen LogP contribution in [0.5, 0.6) is 0 Å². The zero-order valence-corrected chi connectivity index (χ0v) is 10.4. The molecule has 0 aliphatic heterocycles. The van der Waals surface area contributed by atoms with E-state index in [9.17, 15) is 13.2 Å². The summed E-state index contributed by atoms with van der Waals surface area (Å²) >= 11 is 0. The largest absolute Gasteiger partial charge is 0.325 e. The van der Waals surface area contributed by atoms with Gasteiger partial charge in [-0.3, -0.25) is 4.79 Å². The number of anilines is 1. The lowest BCUT2D eigenvalue weighted by Crippen LogP contribution is -2.18. The van der Waals surface area contributed by atoms with Crippen molar-refractivity contribution in [2.75, 3.05) is 5.32 Å². The van der Waals surface area contributed by atoms with Crippen LogP contribution in [0.2, 0.25) is 0 Å². The summed E-state index contributed by atoms with van der Waals surface area (Å²) in [5.41, 5.74) is 0.252. The Labute approximate surface area is 101 Å². The molecule has 0 spiro atoms. The summed E-state index contributed by atoms with van der Waals surface area (Å²) in [6.07, 6.45) is 5.13. The molecular weight excluding hydrogens is 238 g/mol. The van der Waals surface area contributed by atoms with Gasteiger partial charge in [0, 0.05) is 6.92 Å². The second-order valence-corrected chi connectivity index (χ2v) is 5.77. The van der Waals surface area contributed by atoms with Crippen LogP contribution in [-0.4, -0.2) is 19.6 Å². The zero-order valence-electron chi connectivity index (χ0n) is 9.60. The van der Waals surface area contributed by atoms with Crippen LogP contribution in [-0.2, 0) is 14.6 Å². The molecule has 5 heteroatoms. The van der Waals surface area contributed by atoms with Crippen molar-refractivity contribution in [2.45, 2.75) is 24.0 Å². The molecule has 0 aliphatic carbocycles. The monoisotopic (exact) mass is 251 g/mol. The van der Waals surface area contributed by atoms with E-state index in [4.69, 9.17) is 6.42 Å². The van der Waals surface area contributed by atoms with Gasteiger partial charge in [-0.1, -0.05) is 18.1 Å². The highest BCUT2D eigenvalue weighted by molar-refractivity contribution is 7.92. The molecule has 1 amide bonds. The lowest BCUT2D eigenvalue weighted by Gasteiger charge is -2.12. The van der Waals surface area contributed by atoms with E-state index in [0.29, 0.717) is 0 Å². The molecule has 1 rings (SSSR count). The van der Waals surface area contributed by atoms with Crippen molar-refractivity contribution in [1.82, 2.24) is 0 Å². The highest BCUT2D eigenvalue weighted by Gasteiger charge is 2.24. The fourth-order valence-corrected chi connectivity index (χ4v) is 2.54. The smallest absolute Gasteiger partial charge is 0.221 e. The van der Waals surface area contributed by atoms with Crippen molar-refractivity contribution < 1.29 is 13.2 Å². The van der Waals surface area contributed by atoms with Gasteiger partial charge in [-0.25, -0.2) is 8.42 Å². The van der Waals surface area contributed by atoms with E-state index < -0.39 is 15.1 Å². The number of sulfone groups is 1. The van der Waals surface area contributed by atoms with Gasteiger partial charge in [-0.2, -0.15) is 0 Å². The average molecular weight is 251 g/mol. The number of benzene rings is 1. The quantitative estimate of drug-likeness (QED) is 0.827. The third-order valence-electron chi connectivity index (χ3n) is 2.20. The van der Waals surface area contributed by atoms with Crippen LogP contribution in [0.1, 0.15) is 13.8 Å². The molecule has 0 bridgehead atoms. The van der Waals surface area contributed by atoms with E-state index in [1.54, 1.807) is 12.1 Å². The van der Waals surface area contributed by atoms with E-state index in [1.807, 2.05) is 0 Å².